The first-order valence-electron chi connectivity index (χ1n) is 11.1. The topological polar surface area (TPSA) is 111 Å². The molecule has 38 heavy (non-hydrogen) atoms. The van der Waals surface area contributed by atoms with Gasteiger partial charge in [0.2, 0.25) is 15.9 Å². The van der Waals surface area contributed by atoms with E-state index in [1.165, 1.54) is 24.1 Å². The number of carboxylic acid groups (broad SMARTS) is 1. The highest BCUT2D eigenvalue weighted by Crippen LogP contribution is 2.32. The van der Waals surface area contributed by atoms with Crippen LogP contribution in [-0.2, 0) is 21.4 Å². The van der Waals surface area contributed by atoms with Gasteiger partial charge in [-0.05, 0) is 17.7 Å². The quantitative estimate of drug-likeness (QED) is 0.464. The van der Waals surface area contributed by atoms with E-state index in [9.17, 15) is 36.3 Å². The van der Waals surface area contributed by atoms with Crippen LogP contribution in [0.3, 0.4) is 0 Å². The molecule has 0 atom stereocenters. The minimum atomic E-state index is -4.87. The zero-order valence-corrected chi connectivity index (χ0v) is 22.3. The Labute approximate surface area is 227 Å². The standard InChI is InChI=1S/C23H23Cl2F3N4O5S/c1-30(13-15-5-7-16(8-6-15)21-29-10-12-32(21)22(34)35)19(33)9-11-31(14-23(26,27)28)38(36,37)18-4-2-3-17(24)20(18)25/h2-8H,9-14H2,1H3,(H,34,35). The van der Waals surface area contributed by atoms with Crippen molar-refractivity contribution >= 4 is 51.1 Å². The van der Waals surface area contributed by atoms with E-state index in [1.807, 2.05) is 0 Å². The molecule has 2 aromatic rings. The molecule has 2 amide bonds. The van der Waals surface area contributed by atoms with Gasteiger partial charge in [-0.25, -0.2) is 13.2 Å². The van der Waals surface area contributed by atoms with E-state index in [-0.39, 0.29) is 22.4 Å². The first kappa shape index (κ1) is 29.7. The van der Waals surface area contributed by atoms with Crippen molar-refractivity contribution in [2.24, 2.45) is 4.99 Å². The lowest BCUT2D eigenvalue weighted by molar-refractivity contribution is -0.139. The second-order valence-corrected chi connectivity index (χ2v) is 11.0. The summed E-state index contributed by atoms with van der Waals surface area (Å²) in [5, 5.41) is 8.70. The van der Waals surface area contributed by atoms with Gasteiger partial charge in [0.05, 0.1) is 23.1 Å². The average Bonchev–Trinajstić information content (AvgIpc) is 3.33. The molecular formula is C23H23Cl2F3N4O5S. The summed E-state index contributed by atoms with van der Waals surface area (Å²) in [5.74, 6) is -0.273. The summed E-state index contributed by atoms with van der Waals surface area (Å²) in [4.78, 5) is 30.0. The van der Waals surface area contributed by atoms with E-state index in [2.05, 4.69) is 4.99 Å². The molecule has 9 nitrogen and oxygen atoms in total. The Balaban J connectivity index is 1.68. The monoisotopic (exact) mass is 594 g/mol. The molecule has 0 spiro atoms. The zero-order chi connectivity index (χ0) is 28.3. The van der Waals surface area contributed by atoms with Gasteiger partial charge in [-0.1, -0.05) is 53.5 Å². The van der Waals surface area contributed by atoms with Gasteiger partial charge in [0.15, 0.2) is 0 Å². The molecule has 206 valence electrons. The molecular weight excluding hydrogens is 572 g/mol. The summed E-state index contributed by atoms with van der Waals surface area (Å²) >= 11 is 11.8. The third-order valence-electron chi connectivity index (χ3n) is 5.59. The second kappa shape index (κ2) is 11.9. The van der Waals surface area contributed by atoms with E-state index in [1.54, 1.807) is 24.3 Å². The van der Waals surface area contributed by atoms with Crippen LogP contribution in [0, 0.1) is 0 Å². The summed E-state index contributed by atoms with van der Waals surface area (Å²) < 4.78 is 65.7. The van der Waals surface area contributed by atoms with Gasteiger partial charge in [0.25, 0.3) is 0 Å². The normalized spacial score (nSPS) is 14.1. The zero-order valence-electron chi connectivity index (χ0n) is 20.0. The first-order chi connectivity index (χ1) is 17.7. The Kier molecular flexibility index (Phi) is 9.29. The molecule has 2 aromatic carbocycles. The van der Waals surface area contributed by atoms with E-state index in [0.717, 1.165) is 11.0 Å². The van der Waals surface area contributed by atoms with Crippen LogP contribution in [-0.4, -0.2) is 84.9 Å². The number of rotatable bonds is 9. The van der Waals surface area contributed by atoms with Crippen molar-refractivity contribution in [3.05, 3.63) is 63.6 Å². The maximum absolute atomic E-state index is 13.2. The number of hydrogen-bond donors (Lipinski definition) is 1. The number of carbonyl (C=O) groups excluding carboxylic acids is 1. The molecule has 0 saturated carbocycles. The minimum absolute atomic E-state index is 0.0837. The molecule has 1 aliphatic rings. The Bertz CT molecular complexity index is 1340. The number of amidine groups is 1. The predicted octanol–water partition coefficient (Wildman–Crippen LogP) is 4.34. The van der Waals surface area contributed by atoms with Crippen molar-refractivity contribution in [1.82, 2.24) is 14.1 Å². The number of halogens is 5. The van der Waals surface area contributed by atoms with Crippen LogP contribution < -0.4 is 0 Å². The Morgan fingerprint density at radius 2 is 1.79 bits per heavy atom. The summed E-state index contributed by atoms with van der Waals surface area (Å²) in [5.41, 5.74) is 1.24. The lowest BCUT2D eigenvalue weighted by Gasteiger charge is -2.25. The number of alkyl halides is 3. The second-order valence-electron chi connectivity index (χ2n) is 8.34. The van der Waals surface area contributed by atoms with Gasteiger partial charge >= 0.3 is 12.3 Å². The van der Waals surface area contributed by atoms with Crippen LogP contribution in [0.25, 0.3) is 0 Å². The summed E-state index contributed by atoms with van der Waals surface area (Å²) in [7, 11) is -3.29. The molecule has 1 heterocycles. The number of sulfonamides is 1. The fourth-order valence-electron chi connectivity index (χ4n) is 3.72. The summed E-state index contributed by atoms with van der Waals surface area (Å²) in [6, 6.07) is 10.2. The largest absolute Gasteiger partial charge is 0.465 e. The molecule has 0 bridgehead atoms. The third-order valence-corrected chi connectivity index (χ3v) is 8.41. The number of benzene rings is 2. The molecule has 0 aromatic heterocycles. The predicted molar refractivity (Wildman–Crippen MR) is 135 cm³/mol. The molecule has 0 radical (unpaired) electrons. The summed E-state index contributed by atoms with van der Waals surface area (Å²) in [6.45, 7) is -1.86. The smallest absolute Gasteiger partial charge is 0.413 e. The third kappa shape index (κ3) is 7.16. The lowest BCUT2D eigenvalue weighted by Crippen LogP contribution is -2.41. The fourth-order valence-corrected chi connectivity index (χ4v) is 5.88. The maximum Gasteiger partial charge on any atom is 0.413 e. The van der Waals surface area contributed by atoms with Gasteiger partial charge < -0.3 is 10.0 Å². The van der Waals surface area contributed by atoms with Crippen molar-refractivity contribution in [3.8, 4) is 0 Å². The highest BCUT2D eigenvalue weighted by Gasteiger charge is 2.38. The first-order valence-corrected chi connectivity index (χ1v) is 13.3. The fraction of sp³-hybridized carbons (Fsp3) is 0.348. The van der Waals surface area contributed by atoms with E-state index < -0.39 is 57.6 Å². The molecule has 1 aliphatic heterocycles. The van der Waals surface area contributed by atoms with Gasteiger partial charge in [-0.3, -0.25) is 14.7 Å². The molecule has 0 aliphatic carbocycles. The highest BCUT2D eigenvalue weighted by molar-refractivity contribution is 7.89. The van der Waals surface area contributed by atoms with Crippen LogP contribution in [0.15, 0.2) is 52.4 Å². The van der Waals surface area contributed by atoms with Gasteiger partial charge in [-0.2, -0.15) is 17.5 Å². The van der Waals surface area contributed by atoms with Gasteiger partial charge in [-0.15, -0.1) is 0 Å². The SMILES string of the molecule is CN(Cc1ccc(C2=NCCN2C(=O)O)cc1)C(=O)CCN(CC(F)(F)F)S(=O)(=O)c1cccc(Cl)c1Cl. The minimum Gasteiger partial charge on any atom is -0.465 e. The van der Waals surface area contributed by atoms with E-state index in [4.69, 9.17) is 23.2 Å². The molecule has 0 unspecified atom stereocenters. The van der Waals surface area contributed by atoms with Crippen molar-refractivity contribution in [3.63, 3.8) is 0 Å². The lowest BCUT2D eigenvalue weighted by atomic mass is 10.1. The number of nitrogens with zero attached hydrogens (tertiary/aromatic N) is 4. The highest BCUT2D eigenvalue weighted by atomic mass is 35.5. The summed E-state index contributed by atoms with van der Waals surface area (Å²) in [6.07, 6.45) is -6.50. The van der Waals surface area contributed by atoms with Crippen molar-refractivity contribution in [2.45, 2.75) is 24.0 Å². The maximum atomic E-state index is 13.2. The van der Waals surface area contributed by atoms with Crippen LogP contribution in [0.4, 0.5) is 18.0 Å². The van der Waals surface area contributed by atoms with Crippen molar-refractivity contribution < 1.29 is 36.3 Å². The van der Waals surface area contributed by atoms with E-state index >= 15 is 0 Å². The van der Waals surface area contributed by atoms with Crippen molar-refractivity contribution in [2.75, 3.05) is 33.2 Å². The number of hydrogen-bond acceptors (Lipinski definition) is 5. The van der Waals surface area contributed by atoms with Crippen LogP contribution in [0.1, 0.15) is 17.5 Å². The molecule has 15 heteroatoms. The molecule has 0 saturated heterocycles. The number of amides is 2. The van der Waals surface area contributed by atoms with Crippen LogP contribution in [0.5, 0.6) is 0 Å². The Morgan fingerprint density at radius 1 is 1.13 bits per heavy atom. The Hall–Kier alpha value is -2.87. The van der Waals surface area contributed by atoms with E-state index in [0.29, 0.717) is 23.5 Å². The molecule has 1 N–H and O–H groups in total. The van der Waals surface area contributed by atoms with Gasteiger partial charge in [0.1, 0.15) is 17.3 Å². The van der Waals surface area contributed by atoms with Crippen molar-refractivity contribution in [1.29, 1.82) is 0 Å². The average molecular weight is 595 g/mol. The Morgan fingerprint density at radius 3 is 2.39 bits per heavy atom. The van der Waals surface area contributed by atoms with Gasteiger partial charge in [0, 0.05) is 32.1 Å². The number of aliphatic imine (C=N–C) groups is 1. The number of carbonyl (C=O) groups is 2. The van der Waals surface area contributed by atoms with Crippen LogP contribution in [0.2, 0.25) is 10.0 Å². The molecule has 3 rings (SSSR count). The molecule has 0 fully saturated rings. The van der Waals surface area contributed by atoms with Crippen LogP contribution >= 0.6 is 23.2 Å².